The zero-order valence-electron chi connectivity index (χ0n) is 13.2. The maximum atomic E-state index is 5.85. The first-order valence-corrected chi connectivity index (χ1v) is 9.12. The van der Waals surface area contributed by atoms with Crippen LogP contribution in [-0.2, 0) is 11.2 Å². The second-order valence-electron chi connectivity index (χ2n) is 5.90. The van der Waals surface area contributed by atoms with Crippen LogP contribution in [0.3, 0.4) is 0 Å². The van der Waals surface area contributed by atoms with E-state index in [2.05, 4.69) is 55.5 Å². The molecular weight excluding hydrogens is 304 g/mol. The summed E-state index contributed by atoms with van der Waals surface area (Å²) in [4.78, 5) is 1.36. The number of rotatable bonds is 5. The Hall–Kier alpha value is -1.71. The number of thioether (sulfide) groups is 1. The summed E-state index contributed by atoms with van der Waals surface area (Å²) >= 11 is 1.91. The molecule has 23 heavy (non-hydrogen) atoms. The minimum Gasteiger partial charge on any atom is -0.491 e. The zero-order valence-corrected chi connectivity index (χ0v) is 14.1. The number of benzene rings is 2. The Kier molecular flexibility index (Phi) is 4.15. The van der Waals surface area contributed by atoms with Crippen molar-refractivity contribution in [3.05, 3.63) is 64.7 Å². The van der Waals surface area contributed by atoms with Gasteiger partial charge in [-0.1, -0.05) is 37.3 Å². The molecule has 0 unspecified atom stereocenters. The van der Waals surface area contributed by atoms with Crippen molar-refractivity contribution in [2.24, 2.45) is 0 Å². The highest BCUT2D eigenvalue weighted by Crippen LogP contribution is 2.37. The number of hydrogen-bond donors (Lipinski definition) is 0. The van der Waals surface area contributed by atoms with Crippen LogP contribution in [0.15, 0.2) is 42.5 Å². The maximum Gasteiger partial charge on any atom is 0.119 e. The van der Waals surface area contributed by atoms with Crippen LogP contribution < -0.4 is 4.74 Å². The molecule has 4 rings (SSSR count). The Morgan fingerprint density at radius 1 is 1.17 bits per heavy atom. The number of fused-ring (bicyclic) bond motifs is 2. The SMILES string of the molecule is CCSC1=Cc2ccc(OC[C@H]3CO3)cc2Cc2ccccc21. The summed E-state index contributed by atoms with van der Waals surface area (Å²) in [6, 6.07) is 15.2. The van der Waals surface area contributed by atoms with E-state index in [0.29, 0.717) is 12.7 Å². The summed E-state index contributed by atoms with van der Waals surface area (Å²) < 4.78 is 11.1. The molecule has 1 aliphatic heterocycles. The van der Waals surface area contributed by atoms with E-state index in [4.69, 9.17) is 9.47 Å². The highest BCUT2D eigenvalue weighted by Gasteiger charge is 2.23. The van der Waals surface area contributed by atoms with Crippen molar-refractivity contribution in [1.82, 2.24) is 0 Å². The van der Waals surface area contributed by atoms with Gasteiger partial charge in [0.25, 0.3) is 0 Å². The molecule has 1 saturated heterocycles. The molecule has 118 valence electrons. The summed E-state index contributed by atoms with van der Waals surface area (Å²) in [6.45, 7) is 3.69. The molecule has 0 amide bonds. The summed E-state index contributed by atoms with van der Waals surface area (Å²) in [5, 5.41) is 0. The van der Waals surface area contributed by atoms with Crippen LogP contribution in [0.5, 0.6) is 5.75 Å². The molecule has 0 saturated carbocycles. The maximum absolute atomic E-state index is 5.85. The summed E-state index contributed by atoms with van der Waals surface area (Å²) in [5.41, 5.74) is 5.39. The Morgan fingerprint density at radius 3 is 2.87 bits per heavy atom. The van der Waals surface area contributed by atoms with Gasteiger partial charge in [-0.25, -0.2) is 0 Å². The van der Waals surface area contributed by atoms with Gasteiger partial charge in [-0.2, -0.15) is 0 Å². The summed E-state index contributed by atoms with van der Waals surface area (Å²) in [6.07, 6.45) is 3.57. The Morgan fingerprint density at radius 2 is 2.04 bits per heavy atom. The number of ether oxygens (including phenoxy) is 2. The van der Waals surface area contributed by atoms with E-state index in [9.17, 15) is 0 Å². The van der Waals surface area contributed by atoms with E-state index >= 15 is 0 Å². The molecule has 0 radical (unpaired) electrons. The largest absolute Gasteiger partial charge is 0.491 e. The average Bonchev–Trinajstić information content (AvgIpc) is 3.39. The van der Waals surface area contributed by atoms with E-state index in [-0.39, 0.29) is 0 Å². The van der Waals surface area contributed by atoms with E-state index < -0.39 is 0 Å². The first kappa shape index (κ1) is 14.9. The van der Waals surface area contributed by atoms with Gasteiger partial charge in [0.2, 0.25) is 0 Å². The monoisotopic (exact) mass is 324 g/mol. The van der Waals surface area contributed by atoms with Crippen LogP contribution in [0.2, 0.25) is 0 Å². The second kappa shape index (κ2) is 6.42. The molecule has 2 nitrogen and oxygen atoms in total. The van der Waals surface area contributed by atoms with Crippen molar-refractivity contribution in [2.45, 2.75) is 19.4 Å². The minimum absolute atomic E-state index is 0.294. The molecule has 2 aromatic rings. The van der Waals surface area contributed by atoms with Crippen LogP contribution in [0, 0.1) is 0 Å². The van der Waals surface area contributed by atoms with Gasteiger partial charge in [0, 0.05) is 4.91 Å². The first-order chi connectivity index (χ1) is 11.3. The Balaban J connectivity index is 1.69. The molecule has 3 heteroatoms. The molecule has 0 bridgehead atoms. The van der Waals surface area contributed by atoms with Gasteiger partial charge in [-0.05, 0) is 52.6 Å². The molecule has 1 aliphatic carbocycles. The normalized spacial score (nSPS) is 18.5. The van der Waals surface area contributed by atoms with Crippen molar-refractivity contribution >= 4 is 22.7 Å². The lowest BCUT2D eigenvalue weighted by Gasteiger charge is -2.10. The molecule has 2 aliphatic rings. The minimum atomic E-state index is 0.294. The number of hydrogen-bond acceptors (Lipinski definition) is 3. The van der Waals surface area contributed by atoms with Crippen LogP contribution in [0.1, 0.15) is 29.2 Å². The van der Waals surface area contributed by atoms with Crippen LogP contribution in [0.25, 0.3) is 11.0 Å². The summed E-state index contributed by atoms with van der Waals surface area (Å²) in [7, 11) is 0. The van der Waals surface area contributed by atoms with Crippen molar-refractivity contribution in [1.29, 1.82) is 0 Å². The molecule has 0 spiro atoms. The van der Waals surface area contributed by atoms with Crippen molar-refractivity contribution < 1.29 is 9.47 Å². The van der Waals surface area contributed by atoms with E-state index in [1.165, 1.54) is 27.2 Å². The van der Waals surface area contributed by atoms with Crippen LogP contribution in [0.4, 0.5) is 0 Å². The van der Waals surface area contributed by atoms with E-state index in [0.717, 1.165) is 24.5 Å². The van der Waals surface area contributed by atoms with E-state index in [1.54, 1.807) is 0 Å². The quantitative estimate of drug-likeness (QED) is 0.749. The lowest BCUT2D eigenvalue weighted by molar-refractivity contribution is 0.263. The predicted octanol–water partition coefficient (Wildman–Crippen LogP) is 4.62. The first-order valence-electron chi connectivity index (χ1n) is 8.13. The third-order valence-electron chi connectivity index (χ3n) is 4.20. The predicted molar refractivity (Wildman–Crippen MR) is 96.9 cm³/mol. The van der Waals surface area contributed by atoms with Gasteiger partial charge >= 0.3 is 0 Å². The molecule has 1 atom stereocenters. The lowest BCUT2D eigenvalue weighted by Crippen LogP contribution is -2.04. The van der Waals surface area contributed by atoms with Crippen LogP contribution in [-0.4, -0.2) is 25.1 Å². The third kappa shape index (κ3) is 3.31. The molecule has 0 N–H and O–H groups in total. The molecule has 1 heterocycles. The molecular formula is C20H20O2S. The number of epoxide rings is 1. The van der Waals surface area contributed by atoms with Crippen molar-refractivity contribution in [3.8, 4) is 5.75 Å². The average molecular weight is 324 g/mol. The van der Waals surface area contributed by atoms with Crippen molar-refractivity contribution in [3.63, 3.8) is 0 Å². The fourth-order valence-corrected chi connectivity index (χ4v) is 3.81. The zero-order chi connectivity index (χ0) is 15.6. The van der Waals surface area contributed by atoms with Gasteiger partial charge in [0.1, 0.15) is 18.5 Å². The highest BCUT2D eigenvalue weighted by atomic mass is 32.2. The second-order valence-corrected chi connectivity index (χ2v) is 7.21. The standard InChI is InChI=1S/C20H20O2S/c1-2-23-20-11-14-7-8-17(21-12-18-13-22-18)10-16(14)9-15-5-3-4-6-19(15)20/h3-8,10-11,18H,2,9,12-13H2,1H3/t18-/m0/s1. The Labute approximate surface area is 141 Å². The van der Waals surface area contributed by atoms with Crippen molar-refractivity contribution in [2.75, 3.05) is 19.0 Å². The topological polar surface area (TPSA) is 21.8 Å². The van der Waals surface area contributed by atoms with Gasteiger partial charge in [0.15, 0.2) is 0 Å². The molecule has 0 aromatic heterocycles. The molecule has 1 fully saturated rings. The highest BCUT2D eigenvalue weighted by molar-refractivity contribution is 8.08. The summed E-state index contributed by atoms with van der Waals surface area (Å²) in [5.74, 6) is 2.02. The molecule has 2 aromatic carbocycles. The van der Waals surface area contributed by atoms with Gasteiger partial charge < -0.3 is 9.47 Å². The van der Waals surface area contributed by atoms with Crippen LogP contribution >= 0.6 is 11.8 Å². The fourth-order valence-electron chi connectivity index (χ4n) is 2.93. The lowest BCUT2D eigenvalue weighted by atomic mass is 10.00. The van der Waals surface area contributed by atoms with Gasteiger partial charge in [0.05, 0.1) is 6.61 Å². The Bertz CT molecular complexity index is 747. The smallest absolute Gasteiger partial charge is 0.119 e. The van der Waals surface area contributed by atoms with Gasteiger partial charge in [-0.3, -0.25) is 0 Å². The van der Waals surface area contributed by atoms with E-state index in [1.807, 2.05) is 11.8 Å². The fraction of sp³-hybridized carbons (Fsp3) is 0.300. The van der Waals surface area contributed by atoms with Gasteiger partial charge in [-0.15, -0.1) is 11.8 Å². The third-order valence-corrected chi connectivity index (χ3v) is 5.14.